The third-order valence-corrected chi connectivity index (χ3v) is 2.57. The summed E-state index contributed by atoms with van der Waals surface area (Å²) in [5.74, 6) is 0.221. The average Bonchev–Trinajstić information content (AvgIpc) is 2.37. The van der Waals surface area contributed by atoms with Crippen molar-refractivity contribution in [3.8, 4) is 5.75 Å². The van der Waals surface area contributed by atoms with Gasteiger partial charge in [0.25, 0.3) is 0 Å². The molecule has 0 saturated heterocycles. The predicted molar refractivity (Wildman–Crippen MR) is 67.6 cm³/mol. The molecule has 0 unspecified atom stereocenters. The highest BCUT2D eigenvalue weighted by molar-refractivity contribution is 6.31. The number of rotatable bonds is 4. The van der Waals surface area contributed by atoms with Crippen LogP contribution in [-0.4, -0.2) is 6.29 Å². The van der Waals surface area contributed by atoms with Crippen molar-refractivity contribution in [3.05, 3.63) is 64.4 Å². The van der Waals surface area contributed by atoms with Crippen LogP contribution in [0.4, 0.5) is 4.39 Å². The first-order valence-electron chi connectivity index (χ1n) is 5.30. The van der Waals surface area contributed by atoms with Gasteiger partial charge in [-0.05, 0) is 35.9 Å². The van der Waals surface area contributed by atoms with E-state index in [0.29, 0.717) is 29.2 Å². The zero-order valence-electron chi connectivity index (χ0n) is 9.40. The van der Waals surface area contributed by atoms with Gasteiger partial charge in [0.1, 0.15) is 24.5 Å². The highest BCUT2D eigenvalue weighted by Gasteiger charge is 2.01. The molecule has 18 heavy (non-hydrogen) atoms. The van der Waals surface area contributed by atoms with Crippen LogP contribution >= 0.6 is 11.6 Å². The Hall–Kier alpha value is -1.87. The van der Waals surface area contributed by atoms with E-state index >= 15 is 0 Å². The molecule has 0 heterocycles. The molecule has 0 aliphatic rings. The minimum atomic E-state index is -0.287. The third-order valence-electron chi connectivity index (χ3n) is 2.35. The molecule has 2 aromatic rings. The van der Waals surface area contributed by atoms with Gasteiger partial charge in [0.15, 0.2) is 0 Å². The second-order valence-corrected chi connectivity index (χ2v) is 4.19. The van der Waals surface area contributed by atoms with Crippen LogP contribution in [0.15, 0.2) is 42.5 Å². The van der Waals surface area contributed by atoms with E-state index in [9.17, 15) is 9.18 Å². The maximum Gasteiger partial charge on any atom is 0.150 e. The van der Waals surface area contributed by atoms with Crippen molar-refractivity contribution in [2.45, 2.75) is 6.61 Å². The van der Waals surface area contributed by atoms with Crippen molar-refractivity contribution >= 4 is 17.9 Å². The molecule has 0 N–H and O–H groups in total. The Morgan fingerprint density at radius 2 is 1.89 bits per heavy atom. The summed E-state index contributed by atoms with van der Waals surface area (Å²) >= 11 is 5.84. The molecule has 2 nitrogen and oxygen atoms in total. The largest absolute Gasteiger partial charge is 0.489 e. The summed E-state index contributed by atoms with van der Waals surface area (Å²) in [7, 11) is 0. The van der Waals surface area contributed by atoms with Crippen molar-refractivity contribution in [2.24, 2.45) is 0 Å². The van der Waals surface area contributed by atoms with Crippen LogP contribution in [0.5, 0.6) is 5.75 Å². The molecule has 0 radical (unpaired) electrons. The zero-order valence-corrected chi connectivity index (χ0v) is 10.2. The number of ether oxygens (including phenoxy) is 1. The highest BCUT2D eigenvalue weighted by atomic mass is 35.5. The lowest BCUT2D eigenvalue weighted by atomic mass is 10.2. The number of halogens is 2. The van der Waals surface area contributed by atoms with Gasteiger partial charge in [-0.25, -0.2) is 4.39 Å². The summed E-state index contributed by atoms with van der Waals surface area (Å²) < 4.78 is 18.2. The predicted octanol–water partition coefficient (Wildman–Crippen LogP) is 3.87. The first-order chi connectivity index (χ1) is 8.67. The molecule has 0 atom stereocenters. The van der Waals surface area contributed by atoms with Crippen LogP contribution in [0.25, 0.3) is 0 Å². The van der Waals surface area contributed by atoms with Crippen LogP contribution in [0, 0.1) is 5.82 Å². The monoisotopic (exact) mass is 264 g/mol. The van der Waals surface area contributed by atoms with Gasteiger partial charge in [-0.2, -0.15) is 0 Å². The van der Waals surface area contributed by atoms with Gasteiger partial charge in [0.2, 0.25) is 0 Å². The molecule has 2 aromatic carbocycles. The first kappa shape index (κ1) is 12.6. The van der Waals surface area contributed by atoms with Gasteiger partial charge in [-0.3, -0.25) is 4.79 Å². The zero-order chi connectivity index (χ0) is 13.0. The Morgan fingerprint density at radius 1 is 1.17 bits per heavy atom. The molecule has 0 aromatic heterocycles. The summed E-state index contributed by atoms with van der Waals surface area (Å²) in [6.07, 6.45) is 0.705. The molecule has 0 aliphatic carbocycles. The quantitative estimate of drug-likeness (QED) is 0.784. The van der Waals surface area contributed by atoms with Crippen LogP contribution in [0.1, 0.15) is 15.9 Å². The van der Waals surface area contributed by atoms with Gasteiger partial charge in [0.05, 0.1) is 0 Å². The van der Waals surface area contributed by atoms with Gasteiger partial charge in [0, 0.05) is 10.6 Å². The Labute approximate surface area is 109 Å². The number of hydrogen-bond donors (Lipinski definition) is 0. The number of benzene rings is 2. The standard InChI is InChI=1S/C14H10ClFO2/c15-12-5-11(8-17)6-14(7-12)18-9-10-1-3-13(16)4-2-10/h1-8H,9H2. The van der Waals surface area contributed by atoms with Gasteiger partial charge < -0.3 is 4.74 Å². The van der Waals surface area contributed by atoms with Crippen LogP contribution < -0.4 is 4.74 Å². The summed E-state index contributed by atoms with van der Waals surface area (Å²) in [5.41, 5.74) is 1.29. The van der Waals surface area contributed by atoms with E-state index in [4.69, 9.17) is 16.3 Å². The molecule has 0 aliphatic heterocycles. The van der Waals surface area contributed by atoms with E-state index < -0.39 is 0 Å². The minimum absolute atomic E-state index is 0.287. The van der Waals surface area contributed by atoms with Gasteiger partial charge in [-0.1, -0.05) is 23.7 Å². The smallest absolute Gasteiger partial charge is 0.150 e. The van der Waals surface area contributed by atoms with Crippen molar-refractivity contribution in [1.82, 2.24) is 0 Å². The number of carbonyl (C=O) groups excluding carboxylic acids is 1. The summed E-state index contributed by atoms with van der Waals surface area (Å²) in [6.45, 7) is 0.291. The molecular formula is C14H10ClFO2. The Morgan fingerprint density at radius 3 is 2.56 bits per heavy atom. The normalized spacial score (nSPS) is 10.1. The lowest BCUT2D eigenvalue weighted by Gasteiger charge is -2.07. The topological polar surface area (TPSA) is 26.3 Å². The lowest BCUT2D eigenvalue weighted by molar-refractivity contribution is 0.112. The van der Waals surface area contributed by atoms with E-state index in [0.717, 1.165) is 5.56 Å². The summed E-state index contributed by atoms with van der Waals surface area (Å²) in [5, 5.41) is 0.439. The van der Waals surface area contributed by atoms with Gasteiger partial charge in [-0.15, -0.1) is 0 Å². The molecule has 4 heteroatoms. The first-order valence-corrected chi connectivity index (χ1v) is 5.68. The second kappa shape index (κ2) is 5.65. The molecular weight excluding hydrogens is 255 g/mol. The molecule has 92 valence electrons. The van der Waals surface area contributed by atoms with Crippen LogP contribution in [-0.2, 0) is 6.61 Å². The minimum Gasteiger partial charge on any atom is -0.489 e. The SMILES string of the molecule is O=Cc1cc(Cl)cc(OCc2ccc(F)cc2)c1. The Bertz CT molecular complexity index is 552. The molecule has 0 bridgehead atoms. The Kier molecular flexibility index (Phi) is 3.95. The van der Waals surface area contributed by atoms with E-state index in [1.165, 1.54) is 12.1 Å². The molecule has 0 fully saturated rings. The molecule has 0 saturated carbocycles. The average molecular weight is 265 g/mol. The molecule has 2 rings (SSSR count). The van der Waals surface area contributed by atoms with Crippen molar-refractivity contribution in [1.29, 1.82) is 0 Å². The number of aldehydes is 1. The van der Waals surface area contributed by atoms with Gasteiger partial charge >= 0.3 is 0 Å². The van der Waals surface area contributed by atoms with E-state index in [1.807, 2.05) is 0 Å². The molecule has 0 spiro atoms. The lowest BCUT2D eigenvalue weighted by Crippen LogP contribution is -1.96. The van der Waals surface area contributed by atoms with E-state index in [-0.39, 0.29) is 5.82 Å². The van der Waals surface area contributed by atoms with Crippen molar-refractivity contribution in [2.75, 3.05) is 0 Å². The molecule has 0 amide bonds. The third kappa shape index (κ3) is 3.31. The summed E-state index contributed by atoms with van der Waals surface area (Å²) in [4.78, 5) is 10.7. The fourth-order valence-electron chi connectivity index (χ4n) is 1.48. The fourth-order valence-corrected chi connectivity index (χ4v) is 1.72. The highest BCUT2D eigenvalue weighted by Crippen LogP contribution is 2.21. The number of carbonyl (C=O) groups is 1. The van der Waals surface area contributed by atoms with Crippen LogP contribution in [0.3, 0.4) is 0 Å². The van der Waals surface area contributed by atoms with Crippen molar-refractivity contribution in [3.63, 3.8) is 0 Å². The van der Waals surface area contributed by atoms with E-state index in [2.05, 4.69) is 0 Å². The van der Waals surface area contributed by atoms with Crippen LogP contribution in [0.2, 0.25) is 5.02 Å². The van der Waals surface area contributed by atoms with E-state index in [1.54, 1.807) is 30.3 Å². The maximum absolute atomic E-state index is 12.7. The van der Waals surface area contributed by atoms with Crippen molar-refractivity contribution < 1.29 is 13.9 Å². The second-order valence-electron chi connectivity index (χ2n) is 3.75. The fraction of sp³-hybridized carbons (Fsp3) is 0.0714. The number of hydrogen-bond acceptors (Lipinski definition) is 2. The Balaban J connectivity index is 2.08. The summed E-state index contributed by atoms with van der Waals surface area (Å²) in [6, 6.07) is 10.8. The maximum atomic E-state index is 12.7.